The second-order valence-corrected chi connectivity index (χ2v) is 4.71. The average Bonchev–Trinajstić information content (AvgIpc) is 2.35. The van der Waals surface area contributed by atoms with Crippen molar-refractivity contribution in [3.63, 3.8) is 0 Å². The number of pyridine rings is 1. The van der Waals surface area contributed by atoms with Crippen molar-refractivity contribution in [3.05, 3.63) is 52.0 Å². The van der Waals surface area contributed by atoms with Crippen molar-refractivity contribution < 1.29 is 19.0 Å². The zero-order valence-electron chi connectivity index (χ0n) is 9.85. The van der Waals surface area contributed by atoms with E-state index >= 15 is 0 Å². The van der Waals surface area contributed by atoms with E-state index in [9.17, 15) is 9.18 Å². The monoisotopic (exact) mass is 325 g/mol. The maximum atomic E-state index is 13.8. The summed E-state index contributed by atoms with van der Waals surface area (Å²) < 4.78 is 19.7. The van der Waals surface area contributed by atoms with E-state index in [1.165, 1.54) is 18.3 Å². The van der Waals surface area contributed by atoms with E-state index in [4.69, 9.17) is 9.84 Å². The van der Waals surface area contributed by atoms with Crippen molar-refractivity contribution in [2.45, 2.75) is 6.92 Å². The molecule has 0 saturated heterocycles. The lowest BCUT2D eigenvalue weighted by Crippen LogP contribution is -2.04. The number of benzene rings is 1. The molecule has 0 amide bonds. The summed E-state index contributed by atoms with van der Waals surface area (Å²) in [6, 6.07) is 6.08. The van der Waals surface area contributed by atoms with Crippen LogP contribution in [0.4, 0.5) is 4.39 Å². The first-order valence-electron chi connectivity index (χ1n) is 5.31. The third-order valence-corrected chi connectivity index (χ3v) is 2.83. The van der Waals surface area contributed by atoms with Gasteiger partial charge in [-0.05, 0) is 40.5 Å². The highest BCUT2D eigenvalue weighted by Crippen LogP contribution is 2.29. The lowest BCUT2D eigenvalue weighted by Gasteiger charge is -2.10. The van der Waals surface area contributed by atoms with E-state index in [0.717, 1.165) is 0 Å². The number of carboxylic acid groups (broad SMARTS) is 1. The van der Waals surface area contributed by atoms with Gasteiger partial charge in [0, 0.05) is 10.7 Å². The first-order chi connectivity index (χ1) is 8.99. The third-order valence-electron chi connectivity index (χ3n) is 2.40. The Labute approximate surface area is 117 Å². The maximum absolute atomic E-state index is 13.8. The summed E-state index contributed by atoms with van der Waals surface area (Å²) in [5.41, 5.74) is 0.140. The summed E-state index contributed by atoms with van der Waals surface area (Å²) >= 11 is 3.16. The molecule has 0 aliphatic carbocycles. The van der Waals surface area contributed by atoms with Crippen molar-refractivity contribution in [1.82, 2.24) is 4.98 Å². The molecule has 0 radical (unpaired) electrons. The molecule has 0 aliphatic heterocycles. The average molecular weight is 326 g/mol. The number of aryl methyl sites for hydroxylation is 1. The highest BCUT2D eigenvalue weighted by Gasteiger charge is 2.16. The van der Waals surface area contributed by atoms with Crippen LogP contribution in [-0.2, 0) is 0 Å². The molecule has 0 spiro atoms. The Bertz CT molecular complexity index is 646. The van der Waals surface area contributed by atoms with Gasteiger partial charge >= 0.3 is 5.97 Å². The van der Waals surface area contributed by atoms with E-state index in [1.54, 1.807) is 19.1 Å². The number of hydrogen-bond acceptors (Lipinski definition) is 3. The summed E-state index contributed by atoms with van der Waals surface area (Å²) in [4.78, 5) is 14.8. The smallest absolute Gasteiger partial charge is 0.358 e. The first-order valence-corrected chi connectivity index (χ1v) is 6.10. The van der Waals surface area contributed by atoms with Crippen LogP contribution < -0.4 is 4.74 Å². The van der Waals surface area contributed by atoms with Gasteiger partial charge in [-0.15, -0.1) is 0 Å². The second kappa shape index (κ2) is 5.36. The second-order valence-electron chi connectivity index (χ2n) is 3.79. The maximum Gasteiger partial charge on any atom is 0.358 e. The number of aromatic carboxylic acids is 1. The Balaban J connectivity index is 2.45. The van der Waals surface area contributed by atoms with Crippen LogP contribution in [0, 0.1) is 12.7 Å². The van der Waals surface area contributed by atoms with Gasteiger partial charge in [0.15, 0.2) is 23.0 Å². The minimum atomic E-state index is -1.24. The quantitative estimate of drug-likeness (QED) is 0.932. The van der Waals surface area contributed by atoms with E-state index in [2.05, 4.69) is 20.9 Å². The number of rotatable bonds is 3. The Morgan fingerprint density at radius 2 is 2.16 bits per heavy atom. The first kappa shape index (κ1) is 13.5. The summed E-state index contributed by atoms with van der Waals surface area (Å²) in [5.74, 6) is -1.83. The SMILES string of the molecule is Cc1cccc(Oc2cc(Br)cnc2C(=O)O)c1F. The van der Waals surface area contributed by atoms with Gasteiger partial charge in [-0.25, -0.2) is 14.2 Å². The lowest BCUT2D eigenvalue weighted by atomic mass is 10.2. The summed E-state index contributed by atoms with van der Waals surface area (Å²) in [7, 11) is 0. The predicted octanol–water partition coefficient (Wildman–Crippen LogP) is 3.78. The zero-order valence-corrected chi connectivity index (χ0v) is 11.4. The van der Waals surface area contributed by atoms with Crippen LogP contribution in [0.15, 0.2) is 34.9 Å². The molecule has 2 aromatic rings. The van der Waals surface area contributed by atoms with Gasteiger partial charge in [0.25, 0.3) is 0 Å². The molecule has 1 heterocycles. The highest BCUT2D eigenvalue weighted by atomic mass is 79.9. The van der Waals surface area contributed by atoms with E-state index < -0.39 is 11.8 Å². The number of halogens is 2. The van der Waals surface area contributed by atoms with Crippen molar-refractivity contribution in [1.29, 1.82) is 0 Å². The summed E-state index contributed by atoms with van der Waals surface area (Å²) in [5, 5.41) is 9.01. The van der Waals surface area contributed by atoms with E-state index in [1.807, 2.05) is 0 Å². The normalized spacial score (nSPS) is 10.3. The molecule has 0 bridgehead atoms. The fourth-order valence-electron chi connectivity index (χ4n) is 1.48. The minimum Gasteiger partial charge on any atom is -0.476 e. The van der Waals surface area contributed by atoms with Crippen molar-refractivity contribution in [2.75, 3.05) is 0 Å². The molecular weight excluding hydrogens is 317 g/mol. The Kier molecular flexibility index (Phi) is 3.80. The van der Waals surface area contributed by atoms with Gasteiger partial charge in [0.1, 0.15) is 0 Å². The fraction of sp³-hybridized carbons (Fsp3) is 0.0769. The van der Waals surface area contributed by atoms with Gasteiger partial charge in [-0.1, -0.05) is 12.1 Å². The lowest BCUT2D eigenvalue weighted by molar-refractivity contribution is 0.0687. The van der Waals surface area contributed by atoms with Crippen LogP contribution in [0.3, 0.4) is 0 Å². The molecule has 6 heteroatoms. The highest BCUT2D eigenvalue weighted by molar-refractivity contribution is 9.10. The molecule has 4 nitrogen and oxygen atoms in total. The molecule has 0 unspecified atom stereocenters. The third kappa shape index (κ3) is 2.90. The standard InChI is InChI=1S/C13H9BrFNO3/c1-7-3-2-4-9(11(7)15)19-10-5-8(14)6-16-12(10)13(17)18/h2-6H,1H3,(H,17,18). The molecular formula is C13H9BrFNO3. The largest absolute Gasteiger partial charge is 0.476 e. The number of aromatic nitrogens is 1. The topological polar surface area (TPSA) is 59.4 Å². The molecule has 1 aromatic carbocycles. The molecule has 0 aliphatic rings. The number of ether oxygens (including phenoxy) is 1. The summed E-state index contributed by atoms with van der Waals surface area (Å²) in [6.45, 7) is 1.60. The molecule has 0 fully saturated rings. The van der Waals surface area contributed by atoms with Crippen LogP contribution in [0.2, 0.25) is 0 Å². The predicted molar refractivity (Wildman–Crippen MR) is 70.1 cm³/mol. The number of hydrogen-bond donors (Lipinski definition) is 1. The van der Waals surface area contributed by atoms with Gasteiger partial charge in [-0.2, -0.15) is 0 Å². The van der Waals surface area contributed by atoms with Gasteiger partial charge in [-0.3, -0.25) is 0 Å². The zero-order chi connectivity index (χ0) is 14.0. The number of nitrogens with zero attached hydrogens (tertiary/aromatic N) is 1. The minimum absolute atomic E-state index is 0.0219. The molecule has 0 saturated carbocycles. The Morgan fingerprint density at radius 3 is 2.84 bits per heavy atom. The van der Waals surface area contributed by atoms with E-state index in [0.29, 0.717) is 10.0 Å². The Hall–Kier alpha value is -1.95. The number of carboxylic acids is 1. The fourth-order valence-corrected chi connectivity index (χ4v) is 1.79. The van der Waals surface area contributed by atoms with Crippen LogP contribution in [0.1, 0.15) is 16.1 Å². The van der Waals surface area contributed by atoms with E-state index in [-0.39, 0.29) is 17.2 Å². The van der Waals surface area contributed by atoms with Crippen molar-refractivity contribution in [2.24, 2.45) is 0 Å². The molecule has 1 aromatic heterocycles. The molecule has 0 atom stereocenters. The Morgan fingerprint density at radius 1 is 1.42 bits per heavy atom. The molecule has 98 valence electrons. The van der Waals surface area contributed by atoms with Crippen molar-refractivity contribution >= 4 is 21.9 Å². The summed E-state index contributed by atoms with van der Waals surface area (Å²) in [6.07, 6.45) is 1.34. The molecule has 1 N–H and O–H groups in total. The van der Waals surface area contributed by atoms with Crippen LogP contribution in [-0.4, -0.2) is 16.1 Å². The van der Waals surface area contributed by atoms with Crippen LogP contribution >= 0.6 is 15.9 Å². The van der Waals surface area contributed by atoms with Gasteiger partial charge in [0.2, 0.25) is 0 Å². The van der Waals surface area contributed by atoms with Gasteiger partial charge < -0.3 is 9.84 Å². The van der Waals surface area contributed by atoms with Gasteiger partial charge in [0.05, 0.1) is 0 Å². The van der Waals surface area contributed by atoms with Crippen molar-refractivity contribution in [3.8, 4) is 11.5 Å². The molecule has 2 rings (SSSR count). The van der Waals surface area contributed by atoms with Crippen LogP contribution in [0.25, 0.3) is 0 Å². The van der Waals surface area contributed by atoms with Crippen LogP contribution in [0.5, 0.6) is 11.5 Å². The molecule has 19 heavy (non-hydrogen) atoms. The number of carbonyl (C=O) groups is 1.